The number of carbonyl (C=O) groups excluding carboxylic acids is 1. The third-order valence-corrected chi connectivity index (χ3v) is 7.09. The Balaban J connectivity index is 0.000000186. The van der Waals surface area contributed by atoms with Crippen molar-refractivity contribution in [2.24, 2.45) is 5.92 Å². The number of aryl methyl sites for hydroxylation is 2. The first kappa shape index (κ1) is 27.1. The smallest absolute Gasteiger partial charge is 0.153 e. The fraction of sp³-hybridized carbons (Fsp3) is 0.367. The molecule has 2 aromatic heterocycles. The second kappa shape index (κ2) is 12.6. The van der Waals surface area contributed by atoms with Crippen molar-refractivity contribution in [1.29, 1.82) is 0 Å². The fourth-order valence-electron chi connectivity index (χ4n) is 4.79. The van der Waals surface area contributed by atoms with E-state index in [1.54, 1.807) is 25.1 Å². The molecule has 0 aliphatic heterocycles. The maximum Gasteiger partial charge on any atom is 0.153 e. The molecule has 2 heterocycles. The lowest BCUT2D eigenvalue weighted by Gasteiger charge is -2.26. The van der Waals surface area contributed by atoms with Gasteiger partial charge in [-0.15, -0.1) is 0 Å². The van der Waals surface area contributed by atoms with E-state index in [-0.39, 0.29) is 0 Å². The van der Waals surface area contributed by atoms with Gasteiger partial charge >= 0.3 is 0 Å². The fourth-order valence-corrected chi connectivity index (χ4v) is 4.79. The molecule has 8 heteroatoms. The van der Waals surface area contributed by atoms with E-state index in [0.29, 0.717) is 11.5 Å². The third-order valence-electron chi connectivity index (χ3n) is 7.09. The standard InChI is InChI=1S/C18H24N2O2.C12H12N2O2/c1-13-17(18(21)14-6-4-3-5-7-14)12-20(19-13)15-8-10-16(22-2)11-9-15;1-9-10(8-15)7-14(13-9)11-3-5-12(16-2)6-4-11/h8-12,14,18,21H,3-7H2,1-2H3;3-8H,1-2H3. The van der Waals surface area contributed by atoms with Crippen molar-refractivity contribution in [3.8, 4) is 22.9 Å². The van der Waals surface area contributed by atoms with Gasteiger partial charge in [0.05, 0.1) is 48.6 Å². The van der Waals surface area contributed by atoms with Crippen LogP contribution in [-0.2, 0) is 0 Å². The highest BCUT2D eigenvalue weighted by molar-refractivity contribution is 5.76. The Morgan fingerprint density at radius 2 is 1.32 bits per heavy atom. The van der Waals surface area contributed by atoms with Crippen LogP contribution in [0.1, 0.15) is 65.5 Å². The average molecular weight is 517 g/mol. The van der Waals surface area contributed by atoms with Crippen LogP contribution in [0.5, 0.6) is 11.5 Å². The lowest BCUT2D eigenvalue weighted by atomic mass is 9.83. The summed E-state index contributed by atoms with van der Waals surface area (Å²) in [5.41, 5.74) is 5.08. The number of methoxy groups -OCH3 is 2. The van der Waals surface area contributed by atoms with E-state index >= 15 is 0 Å². The lowest BCUT2D eigenvalue weighted by Crippen LogP contribution is -2.16. The summed E-state index contributed by atoms with van der Waals surface area (Å²) in [6.07, 6.45) is 10.1. The normalized spacial score (nSPS) is 14.3. The van der Waals surface area contributed by atoms with Gasteiger partial charge in [0.15, 0.2) is 6.29 Å². The summed E-state index contributed by atoms with van der Waals surface area (Å²) < 4.78 is 13.8. The number of carbonyl (C=O) groups is 1. The van der Waals surface area contributed by atoms with Gasteiger partial charge in [-0.25, -0.2) is 9.36 Å². The highest BCUT2D eigenvalue weighted by Crippen LogP contribution is 2.35. The first-order valence-corrected chi connectivity index (χ1v) is 13.0. The molecule has 1 aliphatic rings. The highest BCUT2D eigenvalue weighted by atomic mass is 16.5. The second-order valence-electron chi connectivity index (χ2n) is 9.59. The minimum absolute atomic E-state index is 0.376. The summed E-state index contributed by atoms with van der Waals surface area (Å²) in [4.78, 5) is 10.7. The number of hydrogen-bond acceptors (Lipinski definition) is 6. The zero-order valence-electron chi connectivity index (χ0n) is 22.5. The molecule has 1 aliphatic carbocycles. The molecule has 4 aromatic rings. The Morgan fingerprint density at radius 1 is 0.816 bits per heavy atom. The molecular weight excluding hydrogens is 480 g/mol. The Morgan fingerprint density at radius 3 is 1.79 bits per heavy atom. The first-order valence-electron chi connectivity index (χ1n) is 13.0. The Labute approximate surface area is 223 Å². The van der Waals surface area contributed by atoms with Gasteiger partial charge in [0.2, 0.25) is 0 Å². The molecule has 0 radical (unpaired) electrons. The van der Waals surface area contributed by atoms with Crippen molar-refractivity contribution in [2.45, 2.75) is 52.1 Å². The van der Waals surface area contributed by atoms with Gasteiger partial charge in [-0.2, -0.15) is 10.2 Å². The third kappa shape index (κ3) is 6.31. The molecule has 5 rings (SSSR count). The first-order chi connectivity index (χ1) is 18.4. The van der Waals surface area contributed by atoms with Crippen LogP contribution in [0.4, 0.5) is 0 Å². The van der Waals surface area contributed by atoms with Gasteiger partial charge in [-0.1, -0.05) is 19.3 Å². The molecule has 1 atom stereocenters. The summed E-state index contributed by atoms with van der Waals surface area (Å²) in [6, 6.07) is 15.3. The van der Waals surface area contributed by atoms with Gasteiger partial charge < -0.3 is 14.6 Å². The van der Waals surface area contributed by atoms with E-state index in [1.165, 1.54) is 19.3 Å². The van der Waals surface area contributed by atoms with Crippen LogP contribution in [0.15, 0.2) is 60.9 Å². The van der Waals surface area contributed by atoms with Crippen LogP contribution in [0.3, 0.4) is 0 Å². The molecule has 0 amide bonds. The van der Waals surface area contributed by atoms with Crippen molar-refractivity contribution in [3.05, 3.63) is 83.4 Å². The van der Waals surface area contributed by atoms with Crippen LogP contribution < -0.4 is 9.47 Å². The summed E-state index contributed by atoms with van der Waals surface area (Å²) in [6.45, 7) is 3.78. The Hall–Kier alpha value is -3.91. The van der Waals surface area contributed by atoms with Crippen molar-refractivity contribution in [3.63, 3.8) is 0 Å². The van der Waals surface area contributed by atoms with Crippen molar-refractivity contribution in [2.75, 3.05) is 14.2 Å². The van der Waals surface area contributed by atoms with Crippen LogP contribution in [0, 0.1) is 19.8 Å². The predicted molar refractivity (Wildman–Crippen MR) is 147 cm³/mol. The SMILES string of the molecule is COc1ccc(-n2cc(C(O)C3CCCCC3)c(C)n2)cc1.COc1ccc(-n2cc(C=O)c(C)n2)cc1. The number of benzene rings is 2. The number of rotatable bonds is 7. The maximum absolute atomic E-state index is 10.7. The molecule has 1 fully saturated rings. The molecule has 1 unspecified atom stereocenters. The minimum Gasteiger partial charge on any atom is -0.497 e. The van der Waals surface area contributed by atoms with Crippen molar-refractivity contribution < 1.29 is 19.4 Å². The molecule has 1 N–H and O–H groups in total. The Kier molecular flexibility index (Phi) is 8.97. The molecule has 0 bridgehead atoms. The zero-order chi connectivity index (χ0) is 27.1. The number of aliphatic hydroxyl groups excluding tert-OH is 1. The molecule has 0 saturated heterocycles. The number of aldehydes is 1. The monoisotopic (exact) mass is 516 g/mol. The van der Waals surface area contributed by atoms with Crippen molar-refractivity contribution in [1.82, 2.24) is 19.6 Å². The van der Waals surface area contributed by atoms with Crippen molar-refractivity contribution >= 4 is 6.29 Å². The number of hydrogen-bond donors (Lipinski definition) is 1. The van der Waals surface area contributed by atoms with Gasteiger partial charge in [0, 0.05) is 18.0 Å². The molecule has 2 aromatic carbocycles. The average Bonchev–Trinajstić information content (AvgIpc) is 3.55. The van der Waals surface area contributed by atoms with Crippen LogP contribution in [0.2, 0.25) is 0 Å². The lowest BCUT2D eigenvalue weighted by molar-refractivity contribution is 0.0843. The number of aromatic nitrogens is 4. The number of ether oxygens (including phenoxy) is 2. The molecule has 0 spiro atoms. The van der Waals surface area contributed by atoms with Gasteiger partial charge in [0.25, 0.3) is 0 Å². The summed E-state index contributed by atoms with van der Waals surface area (Å²) >= 11 is 0. The second-order valence-corrected chi connectivity index (χ2v) is 9.59. The predicted octanol–water partition coefficient (Wildman–Crippen LogP) is 5.80. The largest absolute Gasteiger partial charge is 0.497 e. The summed E-state index contributed by atoms with van der Waals surface area (Å²) in [7, 11) is 3.28. The minimum atomic E-state index is -0.396. The van der Waals surface area contributed by atoms with E-state index < -0.39 is 6.10 Å². The Bertz CT molecular complexity index is 1320. The van der Waals surface area contributed by atoms with Crippen LogP contribution in [-0.4, -0.2) is 45.2 Å². The summed E-state index contributed by atoms with van der Waals surface area (Å²) in [5.74, 6) is 2.00. The van der Waals surface area contributed by atoms with Gasteiger partial charge in [-0.3, -0.25) is 4.79 Å². The highest BCUT2D eigenvalue weighted by Gasteiger charge is 2.26. The molecule has 8 nitrogen and oxygen atoms in total. The van der Waals surface area contributed by atoms with Crippen LogP contribution >= 0.6 is 0 Å². The van der Waals surface area contributed by atoms with E-state index in [9.17, 15) is 9.90 Å². The van der Waals surface area contributed by atoms with E-state index in [4.69, 9.17) is 9.47 Å². The maximum atomic E-state index is 10.7. The van der Waals surface area contributed by atoms with Gasteiger partial charge in [-0.05, 0) is 81.1 Å². The molecule has 200 valence electrons. The molecule has 1 saturated carbocycles. The molecular formula is C30H36N4O4. The topological polar surface area (TPSA) is 91.4 Å². The van der Waals surface area contributed by atoms with E-state index in [2.05, 4.69) is 10.2 Å². The number of aliphatic hydroxyl groups is 1. The van der Waals surface area contributed by atoms with E-state index in [1.807, 2.05) is 73.3 Å². The quantitative estimate of drug-likeness (QED) is 0.312. The number of nitrogens with zero attached hydrogens (tertiary/aromatic N) is 4. The zero-order valence-corrected chi connectivity index (χ0v) is 22.5. The summed E-state index contributed by atoms with van der Waals surface area (Å²) in [5, 5.41) is 19.5. The molecule has 38 heavy (non-hydrogen) atoms. The van der Waals surface area contributed by atoms with Crippen LogP contribution in [0.25, 0.3) is 11.4 Å². The van der Waals surface area contributed by atoms with Gasteiger partial charge in [0.1, 0.15) is 11.5 Å². The van der Waals surface area contributed by atoms with E-state index in [0.717, 1.165) is 59.0 Å².